The highest BCUT2D eigenvalue weighted by Gasteiger charge is 2.17. The molecule has 0 saturated heterocycles. The third-order valence-electron chi connectivity index (χ3n) is 2.23. The molecule has 0 saturated carbocycles. The summed E-state index contributed by atoms with van der Waals surface area (Å²) in [6.45, 7) is 1.69. The first-order valence-corrected chi connectivity index (χ1v) is 6.42. The molecule has 0 aliphatic heterocycles. The Bertz CT molecular complexity index is 422. The second kappa shape index (κ2) is 7.00. The average molecular weight is 271 g/mol. The number of nitrogens with one attached hydrogen (secondary N) is 1. The van der Waals surface area contributed by atoms with Gasteiger partial charge in [-0.1, -0.05) is 6.92 Å². The van der Waals surface area contributed by atoms with Gasteiger partial charge in [0, 0.05) is 4.90 Å². The second-order valence-corrected chi connectivity index (χ2v) is 4.66. The summed E-state index contributed by atoms with van der Waals surface area (Å²) in [4.78, 5) is 23.0. The summed E-state index contributed by atoms with van der Waals surface area (Å²) in [7, 11) is 0. The van der Waals surface area contributed by atoms with Crippen molar-refractivity contribution in [3.8, 4) is 0 Å². The van der Waals surface area contributed by atoms with Crippen LogP contribution >= 0.6 is 11.8 Å². The second-order valence-electron chi connectivity index (χ2n) is 3.61. The number of rotatable bonds is 6. The fraction of sp³-hybridized carbons (Fsp3) is 0.333. The van der Waals surface area contributed by atoms with Gasteiger partial charge in [-0.15, -0.1) is 11.8 Å². The summed E-state index contributed by atoms with van der Waals surface area (Å²) < 4.78 is 12.6. The van der Waals surface area contributed by atoms with Crippen LogP contribution in [-0.4, -0.2) is 28.8 Å². The van der Waals surface area contributed by atoms with Crippen LogP contribution in [0.4, 0.5) is 4.39 Å². The van der Waals surface area contributed by atoms with E-state index < -0.39 is 12.0 Å². The molecule has 1 aromatic rings. The molecular formula is C12H14FNO3S. The first kappa shape index (κ1) is 14.5. The number of halogens is 1. The number of thioether (sulfide) groups is 1. The zero-order valence-electron chi connectivity index (χ0n) is 9.85. The van der Waals surface area contributed by atoms with E-state index in [9.17, 15) is 14.0 Å². The number of carbonyl (C=O) groups is 2. The average Bonchev–Trinajstić information content (AvgIpc) is 2.35. The number of amides is 1. The summed E-state index contributed by atoms with van der Waals surface area (Å²) >= 11 is 1.23. The summed E-state index contributed by atoms with van der Waals surface area (Å²) in [5, 5.41) is 11.2. The van der Waals surface area contributed by atoms with Crippen molar-refractivity contribution >= 4 is 23.6 Å². The smallest absolute Gasteiger partial charge is 0.326 e. The molecule has 18 heavy (non-hydrogen) atoms. The topological polar surface area (TPSA) is 66.4 Å². The molecular weight excluding hydrogens is 257 g/mol. The fourth-order valence-electron chi connectivity index (χ4n) is 1.25. The van der Waals surface area contributed by atoms with E-state index in [0.717, 1.165) is 4.90 Å². The van der Waals surface area contributed by atoms with Gasteiger partial charge in [0.05, 0.1) is 5.75 Å². The Kier molecular flexibility index (Phi) is 5.64. The molecule has 0 bridgehead atoms. The highest BCUT2D eigenvalue weighted by molar-refractivity contribution is 8.00. The standard InChI is InChI=1S/C12H14FNO3S/c1-2-10(12(16)17)14-11(15)7-18-9-5-3-8(13)4-6-9/h3-6,10H,2,7H2,1H3,(H,14,15)(H,16,17)/t10-/m0/s1. The maximum atomic E-state index is 12.6. The van der Waals surface area contributed by atoms with Crippen molar-refractivity contribution in [1.29, 1.82) is 0 Å². The van der Waals surface area contributed by atoms with Crippen LogP contribution in [0.1, 0.15) is 13.3 Å². The zero-order chi connectivity index (χ0) is 13.5. The molecule has 1 atom stereocenters. The van der Waals surface area contributed by atoms with Gasteiger partial charge in [-0.25, -0.2) is 9.18 Å². The van der Waals surface area contributed by atoms with E-state index in [0.29, 0.717) is 6.42 Å². The molecule has 0 fully saturated rings. The summed E-state index contributed by atoms with van der Waals surface area (Å²) in [6.07, 6.45) is 0.336. The van der Waals surface area contributed by atoms with E-state index in [1.807, 2.05) is 0 Å². The Balaban J connectivity index is 2.41. The van der Waals surface area contributed by atoms with E-state index in [1.165, 1.54) is 23.9 Å². The van der Waals surface area contributed by atoms with Crippen molar-refractivity contribution in [2.24, 2.45) is 0 Å². The lowest BCUT2D eigenvalue weighted by molar-refractivity contribution is -0.141. The lowest BCUT2D eigenvalue weighted by Crippen LogP contribution is -2.41. The Labute approximate surface area is 109 Å². The van der Waals surface area contributed by atoms with Gasteiger partial charge in [-0.3, -0.25) is 4.79 Å². The van der Waals surface area contributed by atoms with Crippen LogP contribution in [0.25, 0.3) is 0 Å². The van der Waals surface area contributed by atoms with Gasteiger partial charge >= 0.3 is 5.97 Å². The molecule has 0 aliphatic rings. The molecule has 0 spiro atoms. The molecule has 1 amide bonds. The number of benzene rings is 1. The van der Waals surface area contributed by atoms with Gasteiger partial charge in [0.25, 0.3) is 0 Å². The Morgan fingerprint density at radius 1 is 1.39 bits per heavy atom. The largest absolute Gasteiger partial charge is 0.480 e. The van der Waals surface area contributed by atoms with E-state index in [-0.39, 0.29) is 17.5 Å². The zero-order valence-corrected chi connectivity index (χ0v) is 10.7. The van der Waals surface area contributed by atoms with Gasteiger partial charge in [0.2, 0.25) is 5.91 Å². The van der Waals surface area contributed by atoms with Gasteiger partial charge < -0.3 is 10.4 Å². The molecule has 0 aromatic heterocycles. The van der Waals surface area contributed by atoms with E-state index in [1.54, 1.807) is 19.1 Å². The number of carboxylic acid groups (broad SMARTS) is 1. The number of hydrogen-bond donors (Lipinski definition) is 2. The molecule has 0 heterocycles. The van der Waals surface area contributed by atoms with Crippen molar-refractivity contribution in [2.45, 2.75) is 24.3 Å². The third kappa shape index (κ3) is 4.75. The monoisotopic (exact) mass is 271 g/mol. The molecule has 0 radical (unpaired) electrons. The van der Waals surface area contributed by atoms with Gasteiger partial charge in [-0.2, -0.15) is 0 Å². The number of carbonyl (C=O) groups excluding carboxylic acids is 1. The minimum absolute atomic E-state index is 0.107. The molecule has 4 nitrogen and oxygen atoms in total. The quantitative estimate of drug-likeness (QED) is 0.775. The first-order valence-electron chi connectivity index (χ1n) is 5.43. The van der Waals surface area contributed by atoms with Crippen LogP contribution < -0.4 is 5.32 Å². The van der Waals surface area contributed by atoms with Crippen molar-refractivity contribution in [3.05, 3.63) is 30.1 Å². The SMILES string of the molecule is CC[C@H](NC(=O)CSc1ccc(F)cc1)C(=O)O. The maximum Gasteiger partial charge on any atom is 0.326 e. The molecule has 0 unspecified atom stereocenters. The molecule has 1 aromatic carbocycles. The van der Waals surface area contributed by atoms with Crippen LogP contribution in [0.2, 0.25) is 0 Å². The van der Waals surface area contributed by atoms with E-state index in [2.05, 4.69) is 5.32 Å². The van der Waals surface area contributed by atoms with E-state index >= 15 is 0 Å². The van der Waals surface area contributed by atoms with Crippen molar-refractivity contribution in [2.75, 3.05) is 5.75 Å². The number of carboxylic acids is 1. The van der Waals surface area contributed by atoms with Gasteiger partial charge in [-0.05, 0) is 30.7 Å². The minimum atomic E-state index is -1.04. The van der Waals surface area contributed by atoms with Crippen LogP contribution in [-0.2, 0) is 9.59 Å². The molecule has 1 rings (SSSR count). The minimum Gasteiger partial charge on any atom is -0.480 e. The summed E-state index contributed by atoms with van der Waals surface area (Å²) in [6, 6.07) is 4.91. The summed E-state index contributed by atoms with van der Waals surface area (Å²) in [5.41, 5.74) is 0. The van der Waals surface area contributed by atoms with Crippen molar-refractivity contribution < 1.29 is 19.1 Å². The Morgan fingerprint density at radius 3 is 2.50 bits per heavy atom. The van der Waals surface area contributed by atoms with Crippen molar-refractivity contribution in [1.82, 2.24) is 5.32 Å². The molecule has 2 N–H and O–H groups in total. The highest BCUT2D eigenvalue weighted by atomic mass is 32.2. The predicted molar refractivity (Wildman–Crippen MR) is 67.0 cm³/mol. The normalized spacial score (nSPS) is 11.9. The lowest BCUT2D eigenvalue weighted by Gasteiger charge is -2.11. The van der Waals surface area contributed by atoms with Gasteiger partial charge in [0.15, 0.2) is 0 Å². The van der Waals surface area contributed by atoms with Crippen LogP contribution in [0.3, 0.4) is 0 Å². The fourth-order valence-corrected chi connectivity index (χ4v) is 1.96. The Morgan fingerprint density at radius 2 is 2.00 bits per heavy atom. The number of hydrogen-bond acceptors (Lipinski definition) is 3. The Hall–Kier alpha value is -1.56. The third-order valence-corrected chi connectivity index (χ3v) is 3.24. The predicted octanol–water partition coefficient (Wildman–Crippen LogP) is 1.90. The van der Waals surface area contributed by atoms with Gasteiger partial charge in [0.1, 0.15) is 11.9 Å². The highest BCUT2D eigenvalue weighted by Crippen LogP contribution is 2.17. The first-order chi connectivity index (χ1) is 8.52. The van der Waals surface area contributed by atoms with Crippen molar-refractivity contribution in [3.63, 3.8) is 0 Å². The molecule has 98 valence electrons. The molecule has 6 heteroatoms. The summed E-state index contributed by atoms with van der Waals surface area (Å²) in [5.74, 6) is -1.62. The van der Waals surface area contributed by atoms with Crippen LogP contribution in [0, 0.1) is 5.82 Å². The maximum absolute atomic E-state index is 12.6. The van der Waals surface area contributed by atoms with Crippen LogP contribution in [0.5, 0.6) is 0 Å². The van der Waals surface area contributed by atoms with Crippen LogP contribution in [0.15, 0.2) is 29.2 Å². The number of aliphatic carboxylic acids is 1. The molecule has 0 aliphatic carbocycles. The lowest BCUT2D eigenvalue weighted by atomic mass is 10.2. The van der Waals surface area contributed by atoms with E-state index in [4.69, 9.17) is 5.11 Å².